The predicted molar refractivity (Wildman–Crippen MR) is 60.1 cm³/mol. The lowest BCUT2D eigenvalue weighted by Gasteiger charge is -1.99. The van der Waals surface area contributed by atoms with Crippen molar-refractivity contribution in [1.82, 2.24) is 0 Å². The van der Waals surface area contributed by atoms with Crippen LogP contribution in [0.5, 0.6) is 0 Å². The van der Waals surface area contributed by atoms with Gasteiger partial charge in [-0.15, -0.1) is 0 Å². The number of hydrogen-bond donors (Lipinski definition) is 0. The number of rotatable bonds is 6. The number of Topliss-reactive ketones (excluding diaryl/α,β-unsaturated/α-hetero) is 1. The van der Waals surface area contributed by atoms with Crippen LogP contribution in [0.15, 0.2) is 36.5 Å². The molecule has 0 aromatic rings. The third-order valence-corrected chi connectivity index (χ3v) is 2.44. The van der Waals surface area contributed by atoms with Crippen LogP contribution in [0.3, 0.4) is 0 Å². The maximum Gasteiger partial charge on any atom is 0.162 e. The van der Waals surface area contributed by atoms with Crippen molar-refractivity contribution in [1.29, 1.82) is 0 Å². The summed E-state index contributed by atoms with van der Waals surface area (Å²) in [5, 5.41) is 0. The topological polar surface area (TPSA) is 17.1 Å². The molecule has 0 N–H and O–H groups in total. The lowest BCUT2D eigenvalue weighted by molar-refractivity contribution is -0.115. The third kappa shape index (κ3) is 3.73. The highest BCUT2D eigenvalue weighted by atomic mass is 16.1. The largest absolute Gasteiger partial charge is 0.294 e. The average molecular weight is 190 g/mol. The Bertz CT molecular complexity index is 267. The number of hydrogen-bond acceptors (Lipinski definition) is 1. The standard InChI is InChI=1S/C13H18O/c1-3-5-12(6-4-2)13(14)10-9-11-7-8-11/h3-6,11H,1,7-10H2,2H3/b6-4-,12-5+. The zero-order valence-corrected chi connectivity index (χ0v) is 8.83. The summed E-state index contributed by atoms with van der Waals surface area (Å²) in [6.07, 6.45) is 11.6. The van der Waals surface area contributed by atoms with E-state index < -0.39 is 0 Å². The van der Waals surface area contributed by atoms with Crippen molar-refractivity contribution >= 4 is 5.78 Å². The zero-order valence-electron chi connectivity index (χ0n) is 8.83. The molecule has 0 atom stereocenters. The molecule has 1 rings (SSSR count). The molecule has 1 aliphatic carbocycles. The highest BCUT2D eigenvalue weighted by molar-refractivity contribution is 5.98. The minimum atomic E-state index is 0.245. The maximum absolute atomic E-state index is 11.7. The van der Waals surface area contributed by atoms with Crippen molar-refractivity contribution in [3.05, 3.63) is 36.5 Å². The van der Waals surface area contributed by atoms with E-state index in [0.717, 1.165) is 17.9 Å². The third-order valence-electron chi connectivity index (χ3n) is 2.44. The van der Waals surface area contributed by atoms with Crippen molar-refractivity contribution in [2.45, 2.75) is 32.6 Å². The molecule has 0 spiro atoms. The first-order valence-electron chi connectivity index (χ1n) is 5.26. The van der Waals surface area contributed by atoms with E-state index in [1.165, 1.54) is 12.8 Å². The van der Waals surface area contributed by atoms with E-state index in [-0.39, 0.29) is 5.78 Å². The van der Waals surface area contributed by atoms with Crippen molar-refractivity contribution in [3.63, 3.8) is 0 Å². The Kier molecular flexibility index (Phi) is 4.37. The van der Waals surface area contributed by atoms with E-state index in [2.05, 4.69) is 6.58 Å². The zero-order chi connectivity index (χ0) is 10.4. The van der Waals surface area contributed by atoms with Crippen LogP contribution in [0.1, 0.15) is 32.6 Å². The summed E-state index contributed by atoms with van der Waals surface area (Å²) >= 11 is 0. The quantitative estimate of drug-likeness (QED) is 0.463. The van der Waals surface area contributed by atoms with E-state index in [0.29, 0.717) is 6.42 Å². The van der Waals surface area contributed by atoms with Gasteiger partial charge in [-0.1, -0.05) is 43.7 Å². The Balaban J connectivity index is 2.44. The molecule has 1 aliphatic rings. The lowest BCUT2D eigenvalue weighted by atomic mass is 10.0. The van der Waals surface area contributed by atoms with Gasteiger partial charge >= 0.3 is 0 Å². The van der Waals surface area contributed by atoms with Crippen molar-refractivity contribution in [2.24, 2.45) is 5.92 Å². The van der Waals surface area contributed by atoms with Crippen molar-refractivity contribution in [3.8, 4) is 0 Å². The highest BCUT2D eigenvalue weighted by Crippen LogP contribution is 2.33. The number of carbonyl (C=O) groups excluding carboxylic acids is 1. The molecule has 1 fully saturated rings. The van der Waals surface area contributed by atoms with Gasteiger partial charge in [-0.3, -0.25) is 4.79 Å². The molecule has 0 heterocycles. The van der Waals surface area contributed by atoms with Gasteiger partial charge in [0.1, 0.15) is 0 Å². The second-order valence-electron chi connectivity index (χ2n) is 3.76. The average Bonchev–Trinajstić information content (AvgIpc) is 2.97. The normalized spacial score (nSPS) is 17.4. The second-order valence-corrected chi connectivity index (χ2v) is 3.76. The molecule has 0 aromatic heterocycles. The predicted octanol–water partition coefficient (Wildman–Crippen LogP) is 3.43. The van der Waals surface area contributed by atoms with E-state index in [4.69, 9.17) is 0 Å². The first kappa shape index (κ1) is 11.0. The fourth-order valence-corrected chi connectivity index (χ4v) is 1.43. The smallest absolute Gasteiger partial charge is 0.162 e. The van der Waals surface area contributed by atoms with Crippen molar-refractivity contribution in [2.75, 3.05) is 0 Å². The van der Waals surface area contributed by atoms with Gasteiger partial charge in [0.15, 0.2) is 5.78 Å². The molecule has 0 aliphatic heterocycles. The molecule has 1 nitrogen and oxygen atoms in total. The molecule has 0 saturated heterocycles. The highest BCUT2D eigenvalue weighted by Gasteiger charge is 2.22. The van der Waals surface area contributed by atoms with Gasteiger partial charge in [-0.25, -0.2) is 0 Å². The van der Waals surface area contributed by atoms with Crippen LogP contribution in [-0.2, 0) is 4.79 Å². The number of allylic oxidation sites excluding steroid dienone is 5. The molecule has 0 bridgehead atoms. The SMILES string of the molecule is C=C/C=C(\C=C/C)C(=O)CCC1CC1. The molecule has 76 valence electrons. The Morgan fingerprint density at radius 1 is 1.50 bits per heavy atom. The van der Waals surface area contributed by atoms with E-state index >= 15 is 0 Å². The van der Waals surface area contributed by atoms with Gasteiger partial charge < -0.3 is 0 Å². The summed E-state index contributed by atoms with van der Waals surface area (Å²) in [5.74, 6) is 1.07. The van der Waals surface area contributed by atoms with Crippen LogP contribution < -0.4 is 0 Å². The monoisotopic (exact) mass is 190 g/mol. The summed E-state index contributed by atoms with van der Waals surface area (Å²) in [6, 6.07) is 0. The summed E-state index contributed by atoms with van der Waals surface area (Å²) in [6.45, 7) is 5.53. The van der Waals surface area contributed by atoms with Gasteiger partial charge in [0.2, 0.25) is 0 Å². The Morgan fingerprint density at radius 2 is 2.21 bits per heavy atom. The summed E-state index contributed by atoms with van der Waals surface area (Å²) < 4.78 is 0. The van der Waals surface area contributed by atoms with Crippen molar-refractivity contribution < 1.29 is 4.79 Å². The van der Waals surface area contributed by atoms with E-state index in [1.807, 2.05) is 19.1 Å². The first-order valence-corrected chi connectivity index (χ1v) is 5.26. The van der Waals surface area contributed by atoms with Crippen LogP contribution in [0.25, 0.3) is 0 Å². The minimum Gasteiger partial charge on any atom is -0.294 e. The molecule has 1 saturated carbocycles. The van der Waals surface area contributed by atoms with Gasteiger partial charge in [-0.05, 0) is 19.3 Å². The molecular weight excluding hydrogens is 172 g/mol. The number of ketones is 1. The molecule has 0 aromatic carbocycles. The van der Waals surface area contributed by atoms with Crippen LogP contribution >= 0.6 is 0 Å². The van der Waals surface area contributed by atoms with E-state index in [9.17, 15) is 4.79 Å². The molecule has 0 unspecified atom stereocenters. The van der Waals surface area contributed by atoms with Crippen LogP contribution in [-0.4, -0.2) is 5.78 Å². The fourth-order valence-electron chi connectivity index (χ4n) is 1.43. The van der Waals surface area contributed by atoms with Crippen LogP contribution in [0.2, 0.25) is 0 Å². The maximum atomic E-state index is 11.7. The Morgan fingerprint density at radius 3 is 2.71 bits per heavy atom. The second kappa shape index (κ2) is 5.58. The minimum absolute atomic E-state index is 0.245. The van der Waals surface area contributed by atoms with E-state index in [1.54, 1.807) is 12.2 Å². The Hall–Kier alpha value is -1.11. The summed E-state index contributed by atoms with van der Waals surface area (Å²) in [4.78, 5) is 11.7. The molecule has 14 heavy (non-hydrogen) atoms. The fraction of sp³-hybridized carbons (Fsp3) is 0.462. The van der Waals surface area contributed by atoms with Crippen LogP contribution in [0.4, 0.5) is 0 Å². The molecule has 1 heteroatoms. The number of carbonyl (C=O) groups is 1. The summed E-state index contributed by atoms with van der Waals surface area (Å²) in [7, 11) is 0. The molecule has 0 amide bonds. The van der Waals surface area contributed by atoms with Gasteiger partial charge in [-0.2, -0.15) is 0 Å². The molecular formula is C13H18O. The first-order chi connectivity index (χ1) is 6.77. The molecule has 0 radical (unpaired) electrons. The van der Waals surface area contributed by atoms with Gasteiger partial charge in [0, 0.05) is 12.0 Å². The van der Waals surface area contributed by atoms with Crippen LogP contribution in [0, 0.1) is 5.92 Å². The summed E-state index contributed by atoms with van der Waals surface area (Å²) in [5.41, 5.74) is 0.781. The Labute approximate surface area is 86.2 Å². The van der Waals surface area contributed by atoms with Gasteiger partial charge in [0.05, 0.1) is 0 Å². The van der Waals surface area contributed by atoms with Gasteiger partial charge in [0.25, 0.3) is 0 Å². The lowest BCUT2D eigenvalue weighted by Crippen LogP contribution is -2.00.